The van der Waals surface area contributed by atoms with Gasteiger partial charge in [0.1, 0.15) is 0 Å². The first-order valence-electron chi connectivity index (χ1n) is 8.85. The van der Waals surface area contributed by atoms with Gasteiger partial charge in [0.25, 0.3) is 0 Å². The Morgan fingerprint density at radius 2 is 2.04 bits per heavy atom. The first-order valence-corrected chi connectivity index (χ1v) is 10.5. The maximum Gasteiger partial charge on any atom is 0.401 e. The summed E-state index contributed by atoms with van der Waals surface area (Å²) in [6.45, 7) is 0.194. The zero-order chi connectivity index (χ0) is 20.8. The van der Waals surface area contributed by atoms with Crippen molar-refractivity contribution in [1.29, 1.82) is 0 Å². The topological polar surface area (TPSA) is 85.8 Å². The fourth-order valence-electron chi connectivity index (χ4n) is 3.04. The van der Waals surface area contributed by atoms with Crippen molar-refractivity contribution in [3.63, 3.8) is 0 Å². The number of alkyl halides is 3. The molecule has 0 aliphatic carbocycles. The lowest BCUT2D eigenvalue weighted by Crippen LogP contribution is -2.44. The van der Waals surface area contributed by atoms with Crippen LogP contribution in [0.25, 0.3) is 0 Å². The van der Waals surface area contributed by atoms with Crippen LogP contribution in [0.5, 0.6) is 0 Å². The molecule has 0 spiro atoms. The number of rotatable bonds is 7. The minimum absolute atomic E-state index is 0.110. The normalized spacial score (nSPS) is 19.0. The van der Waals surface area contributed by atoms with Crippen molar-refractivity contribution in [3.05, 3.63) is 35.4 Å². The highest BCUT2D eigenvalue weighted by molar-refractivity contribution is 7.88. The molecule has 2 rings (SSSR count). The quantitative estimate of drug-likeness (QED) is 0.453. The van der Waals surface area contributed by atoms with Gasteiger partial charge < -0.3 is 10.6 Å². The van der Waals surface area contributed by atoms with E-state index in [1.807, 2.05) is 6.07 Å². The Kier molecular flexibility index (Phi) is 7.67. The molecule has 0 aromatic heterocycles. The van der Waals surface area contributed by atoms with Crippen molar-refractivity contribution in [2.75, 3.05) is 33.7 Å². The molecule has 1 saturated heterocycles. The summed E-state index contributed by atoms with van der Waals surface area (Å²) in [4.78, 5) is 5.48. The van der Waals surface area contributed by atoms with Crippen molar-refractivity contribution >= 4 is 16.0 Å². The number of halogens is 3. The lowest BCUT2D eigenvalue weighted by Gasteiger charge is -2.20. The minimum Gasteiger partial charge on any atom is -0.352 e. The number of hydrogen-bond acceptors (Lipinski definition) is 4. The van der Waals surface area contributed by atoms with Crippen LogP contribution in [0.1, 0.15) is 17.5 Å². The van der Waals surface area contributed by atoms with Crippen LogP contribution < -0.4 is 15.4 Å². The summed E-state index contributed by atoms with van der Waals surface area (Å²) in [6, 6.07) is 7.05. The molecule has 11 heteroatoms. The van der Waals surface area contributed by atoms with Gasteiger partial charge >= 0.3 is 6.18 Å². The largest absolute Gasteiger partial charge is 0.401 e. The summed E-state index contributed by atoms with van der Waals surface area (Å²) in [5.74, 6) is 0.383. The first kappa shape index (κ1) is 22.4. The standard InChI is InChI=1S/C17H26F3N5O2S/c1-21-16(24-15-6-7-25(10-15)12-17(18,19)20)23-9-13-4-3-5-14(8-13)11-28(26,27)22-2/h3-5,8,15,22H,6-7,9-12H2,1-2H3,(H2,21,23,24). The van der Waals surface area contributed by atoms with Crippen molar-refractivity contribution in [2.45, 2.75) is 30.9 Å². The van der Waals surface area contributed by atoms with E-state index in [4.69, 9.17) is 0 Å². The molecule has 1 heterocycles. The number of nitrogens with zero attached hydrogens (tertiary/aromatic N) is 2. The highest BCUT2D eigenvalue weighted by Gasteiger charge is 2.34. The molecule has 3 N–H and O–H groups in total. The third-order valence-electron chi connectivity index (χ3n) is 4.36. The number of nitrogens with one attached hydrogen (secondary N) is 3. The van der Waals surface area contributed by atoms with Crippen LogP contribution in [0.4, 0.5) is 13.2 Å². The fourth-order valence-corrected chi connectivity index (χ4v) is 3.81. The molecule has 1 unspecified atom stereocenters. The van der Waals surface area contributed by atoms with Gasteiger partial charge in [0, 0.05) is 32.7 Å². The predicted octanol–water partition coefficient (Wildman–Crippen LogP) is 1.04. The van der Waals surface area contributed by atoms with Crippen LogP contribution in [0.3, 0.4) is 0 Å². The van der Waals surface area contributed by atoms with E-state index in [1.54, 1.807) is 25.2 Å². The monoisotopic (exact) mass is 421 g/mol. The van der Waals surface area contributed by atoms with Gasteiger partial charge in [-0.1, -0.05) is 24.3 Å². The number of benzene rings is 1. The fraction of sp³-hybridized carbons (Fsp3) is 0.588. The van der Waals surface area contributed by atoms with Gasteiger partial charge in [-0.2, -0.15) is 13.2 Å². The van der Waals surface area contributed by atoms with Gasteiger partial charge in [0.2, 0.25) is 10.0 Å². The van der Waals surface area contributed by atoms with E-state index in [0.29, 0.717) is 37.6 Å². The number of likely N-dealkylation sites (tertiary alicyclic amines) is 1. The molecule has 1 aliphatic heterocycles. The lowest BCUT2D eigenvalue weighted by atomic mass is 10.1. The molecule has 0 radical (unpaired) electrons. The molecule has 0 amide bonds. The Bertz CT molecular complexity index is 783. The molecular weight excluding hydrogens is 395 g/mol. The van der Waals surface area contributed by atoms with Crippen LogP contribution in [-0.4, -0.2) is 65.2 Å². The molecule has 1 aromatic carbocycles. The molecule has 158 valence electrons. The molecule has 1 fully saturated rings. The summed E-state index contributed by atoms with van der Waals surface area (Å²) in [7, 11) is -0.389. The summed E-state index contributed by atoms with van der Waals surface area (Å²) in [6.07, 6.45) is -3.59. The molecule has 1 aliphatic rings. The molecule has 0 bridgehead atoms. The van der Waals surface area contributed by atoms with Gasteiger partial charge in [-0.3, -0.25) is 9.89 Å². The van der Waals surface area contributed by atoms with Crippen molar-refractivity contribution in [3.8, 4) is 0 Å². The maximum absolute atomic E-state index is 12.5. The van der Waals surface area contributed by atoms with Gasteiger partial charge in [0.15, 0.2) is 5.96 Å². The van der Waals surface area contributed by atoms with Crippen molar-refractivity contribution < 1.29 is 21.6 Å². The Morgan fingerprint density at radius 3 is 2.68 bits per heavy atom. The molecule has 28 heavy (non-hydrogen) atoms. The summed E-state index contributed by atoms with van der Waals surface area (Å²) < 4.78 is 63.1. The summed E-state index contributed by atoms with van der Waals surface area (Å²) >= 11 is 0. The average molecular weight is 421 g/mol. The minimum atomic E-state index is -4.19. The van der Waals surface area contributed by atoms with Crippen LogP contribution in [0.15, 0.2) is 29.3 Å². The van der Waals surface area contributed by atoms with E-state index >= 15 is 0 Å². The Balaban J connectivity index is 1.86. The second-order valence-corrected chi connectivity index (χ2v) is 8.62. The number of sulfonamides is 1. The zero-order valence-corrected chi connectivity index (χ0v) is 16.7. The van der Waals surface area contributed by atoms with Crippen molar-refractivity contribution in [1.82, 2.24) is 20.3 Å². The van der Waals surface area contributed by atoms with Crippen LogP contribution in [0, 0.1) is 0 Å². The van der Waals surface area contributed by atoms with Gasteiger partial charge in [-0.25, -0.2) is 13.1 Å². The van der Waals surface area contributed by atoms with Gasteiger partial charge in [0.05, 0.1) is 12.3 Å². The first-order chi connectivity index (χ1) is 13.1. The molecule has 7 nitrogen and oxygen atoms in total. The van der Waals surface area contributed by atoms with E-state index in [-0.39, 0.29) is 11.8 Å². The van der Waals surface area contributed by atoms with E-state index < -0.39 is 22.7 Å². The third-order valence-corrected chi connectivity index (χ3v) is 5.69. The highest BCUT2D eigenvalue weighted by Crippen LogP contribution is 2.19. The molecular formula is C17H26F3N5O2S. The smallest absolute Gasteiger partial charge is 0.352 e. The van der Waals surface area contributed by atoms with Crippen LogP contribution >= 0.6 is 0 Å². The van der Waals surface area contributed by atoms with Crippen LogP contribution in [-0.2, 0) is 22.3 Å². The lowest BCUT2D eigenvalue weighted by molar-refractivity contribution is -0.143. The number of guanidine groups is 1. The Labute approximate surface area is 163 Å². The summed E-state index contributed by atoms with van der Waals surface area (Å²) in [5.41, 5.74) is 1.53. The molecule has 1 atom stereocenters. The zero-order valence-electron chi connectivity index (χ0n) is 15.9. The maximum atomic E-state index is 12.5. The second kappa shape index (κ2) is 9.57. The second-order valence-electron chi connectivity index (χ2n) is 6.69. The van der Waals surface area contributed by atoms with Crippen LogP contribution in [0.2, 0.25) is 0 Å². The van der Waals surface area contributed by atoms with E-state index in [9.17, 15) is 21.6 Å². The molecule has 0 saturated carbocycles. The SMILES string of the molecule is CN=C(NCc1cccc(CS(=O)(=O)NC)c1)NC1CCN(CC(F)(F)F)C1. The highest BCUT2D eigenvalue weighted by atomic mass is 32.2. The summed E-state index contributed by atoms with van der Waals surface area (Å²) in [5, 5.41) is 6.25. The van der Waals surface area contributed by atoms with Crippen molar-refractivity contribution in [2.24, 2.45) is 4.99 Å². The van der Waals surface area contributed by atoms with Gasteiger partial charge in [-0.05, 0) is 24.6 Å². The van der Waals surface area contributed by atoms with Gasteiger partial charge in [-0.15, -0.1) is 0 Å². The third kappa shape index (κ3) is 7.64. The molecule has 1 aromatic rings. The number of aliphatic imine (C=N–C) groups is 1. The predicted molar refractivity (Wildman–Crippen MR) is 102 cm³/mol. The Hall–Kier alpha value is -1.85. The average Bonchev–Trinajstić information content (AvgIpc) is 3.03. The van der Waals surface area contributed by atoms with E-state index in [2.05, 4.69) is 20.3 Å². The number of hydrogen-bond donors (Lipinski definition) is 3. The van der Waals surface area contributed by atoms with E-state index in [0.717, 1.165) is 5.56 Å². The van der Waals surface area contributed by atoms with E-state index in [1.165, 1.54) is 11.9 Å². The Morgan fingerprint density at radius 1 is 1.32 bits per heavy atom.